The Morgan fingerprint density at radius 1 is 1.05 bits per heavy atom. The van der Waals surface area contributed by atoms with Crippen LogP contribution >= 0.6 is 0 Å². The molecule has 0 atom stereocenters. The largest absolute Gasteiger partial charge is 0.339 e. The van der Waals surface area contributed by atoms with Crippen molar-refractivity contribution in [2.75, 3.05) is 19.6 Å². The Hall–Kier alpha value is -1.87. The van der Waals surface area contributed by atoms with Crippen molar-refractivity contribution in [3.8, 4) is 0 Å². The fourth-order valence-electron chi connectivity index (χ4n) is 3.40. The predicted octanol–water partition coefficient (Wildman–Crippen LogP) is 4.23. The number of fused-ring (bicyclic) bond motifs is 3. The number of aryl methyl sites for hydroxylation is 2. The second kappa shape index (κ2) is 6.49. The first kappa shape index (κ1) is 15.0. The number of nitrogens with zero attached hydrogens (tertiary/aromatic N) is 3. The van der Waals surface area contributed by atoms with Gasteiger partial charge >= 0.3 is 0 Å². The van der Waals surface area contributed by atoms with E-state index in [0.717, 1.165) is 31.9 Å². The number of hydrogen-bond donors (Lipinski definition) is 0. The Morgan fingerprint density at radius 2 is 1.82 bits per heavy atom. The van der Waals surface area contributed by atoms with Gasteiger partial charge in [-0.25, -0.2) is 0 Å². The number of aromatic nitrogens is 2. The fourth-order valence-corrected chi connectivity index (χ4v) is 3.40. The lowest BCUT2D eigenvalue weighted by Crippen LogP contribution is -2.24. The maximum atomic E-state index is 4.51. The number of pyridine rings is 1. The molecular weight excluding hydrogens is 270 g/mol. The molecule has 0 radical (unpaired) electrons. The van der Waals surface area contributed by atoms with Crippen molar-refractivity contribution in [3.63, 3.8) is 0 Å². The number of rotatable bonds is 6. The van der Waals surface area contributed by atoms with Gasteiger partial charge in [0.05, 0.1) is 11.2 Å². The minimum Gasteiger partial charge on any atom is -0.339 e. The van der Waals surface area contributed by atoms with E-state index in [1.165, 1.54) is 28.2 Å². The quantitative estimate of drug-likeness (QED) is 0.678. The second-order valence-electron chi connectivity index (χ2n) is 5.84. The van der Waals surface area contributed by atoms with E-state index in [9.17, 15) is 0 Å². The summed E-state index contributed by atoms with van der Waals surface area (Å²) in [6, 6.07) is 10.8. The van der Waals surface area contributed by atoms with Crippen LogP contribution in [0.5, 0.6) is 0 Å². The highest BCUT2D eigenvalue weighted by Gasteiger charge is 2.12. The lowest BCUT2D eigenvalue weighted by atomic mass is 10.2. The molecule has 0 bridgehead atoms. The van der Waals surface area contributed by atoms with Crippen molar-refractivity contribution >= 4 is 21.8 Å². The first-order valence-corrected chi connectivity index (χ1v) is 8.31. The molecule has 0 saturated heterocycles. The van der Waals surface area contributed by atoms with Gasteiger partial charge in [-0.05, 0) is 45.1 Å². The highest BCUT2D eigenvalue weighted by molar-refractivity contribution is 6.08. The molecule has 1 aromatic carbocycles. The number of hydrogen-bond acceptors (Lipinski definition) is 2. The average molecular weight is 295 g/mol. The van der Waals surface area contributed by atoms with E-state index in [1.807, 2.05) is 6.20 Å². The van der Waals surface area contributed by atoms with Gasteiger partial charge in [-0.1, -0.05) is 32.0 Å². The first-order chi connectivity index (χ1) is 10.8. The maximum Gasteiger partial charge on any atom is 0.0707 e. The topological polar surface area (TPSA) is 21.1 Å². The summed E-state index contributed by atoms with van der Waals surface area (Å²) in [5, 5.41) is 2.66. The van der Waals surface area contributed by atoms with Crippen molar-refractivity contribution < 1.29 is 0 Å². The summed E-state index contributed by atoms with van der Waals surface area (Å²) in [7, 11) is 0. The molecular formula is C19H25N3. The van der Waals surface area contributed by atoms with Crippen LogP contribution in [0.15, 0.2) is 36.5 Å². The lowest BCUT2D eigenvalue weighted by Gasteiger charge is -2.18. The van der Waals surface area contributed by atoms with Gasteiger partial charge in [-0.2, -0.15) is 0 Å². The standard InChI is InChI=1S/C19H25N3/c1-4-21(5-2)13-8-14-22-18-10-7-6-9-16(18)17-11-12-20-15(3)19(17)22/h6-7,9-12H,4-5,8,13-14H2,1-3H3. The van der Waals surface area contributed by atoms with E-state index in [-0.39, 0.29) is 0 Å². The number of benzene rings is 1. The molecule has 0 spiro atoms. The van der Waals surface area contributed by atoms with E-state index in [0.29, 0.717) is 0 Å². The lowest BCUT2D eigenvalue weighted by molar-refractivity contribution is 0.294. The molecule has 3 heteroatoms. The first-order valence-electron chi connectivity index (χ1n) is 8.31. The molecule has 22 heavy (non-hydrogen) atoms. The highest BCUT2D eigenvalue weighted by atomic mass is 15.1. The Balaban J connectivity index is 1.99. The minimum absolute atomic E-state index is 1.05. The molecule has 3 rings (SSSR count). The van der Waals surface area contributed by atoms with Crippen LogP contribution < -0.4 is 0 Å². The second-order valence-corrected chi connectivity index (χ2v) is 5.84. The third-order valence-electron chi connectivity index (χ3n) is 4.61. The molecule has 0 N–H and O–H groups in total. The Morgan fingerprint density at radius 3 is 2.59 bits per heavy atom. The highest BCUT2D eigenvalue weighted by Crippen LogP contribution is 2.30. The van der Waals surface area contributed by atoms with Crippen LogP contribution in [-0.4, -0.2) is 34.1 Å². The van der Waals surface area contributed by atoms with Crippen LogP contribution in [0.2, 0.25) is 0 Å². The Bertz CT molecular complexity index is 769. The van der Waals surface area contributed by atoms with Crippen LogP contribution in [0.1, 0.15) is 26.0 Å². The zero-order chi connectivity index (χ0) is 15.5. The molecule has 116 valence electrons. The molecule has 0 saturated carbocycles. The molecule has 0 fully saturated rings. The Labute approximate surface area is 132 Å². The summed E-state index contributed by atoms with van der Waals surface area (Å²) >= 11 is 0. The molecule has 2 heterocycles. The smallest absolute Gasteiger partial charge is 0.0707 e. The summed E-state index contributed by atoms with van der Waals surface area (Å²) in [4.78, 5) is 6.99. The molecule has 2 aromatic heterocycles. The van der Waals surface area contributed by atoms with Gasteiger partial charge in [0.2, 0.25) is 0 Å². The van der Waals surface area contributed by atoms with E-state index in [4.69, 9.17) is 0 Å². The van der Waals surface area contributed by atoms with Gasteiger partial charge in [-0.15, -0.1) is 0 Å². The van der Waals surface area contributed by atoms with Gasteiger partial charge in [0.25, 0.3) is 0 Å². The predicted molar refractivity (Wildman–Crippen MR) is 94.4 cm³/mol. The monoisotopic (exact) mass is 295 g/mol. The molecule has 3 nitrogen and oxygen atoms in total. The van der Waals surface area contributed by atoms with Crippen LogP contribution in [0.3, 0.4) is 0 Å². The molecule has 0 aliphatic carbocycles. The van der Waals surface area contributed by atoms with Gasteiger partial charge in [0.15, 0.2) is 0 Å². The Kier molecular flexibility index (Phi) is 4.44. The van der Waals surface area contributed by atoms with Crippen molar-refractivity contribution in [3.05, 3.63) is 42.2 Å². The molecule has 0 unspecified atom stereocenters. The average Bonchev–Trinajstić information content (AvgIpc) is 2.87. The van der Waals surface area contributed by atoms with Gasteiger partial charge in [0, 0.05) is 29.0 Å². The number of para-hydroxylation sites is 1. The van der Waals surface area contributed by atoms with Crippen molar-refractivity contribution in [1.29, 1.82) is 0 Å². The minimum atomic E-state index is 1.05. The zero-order valence-corrected chi connectivity index (χ0v) is 13.8. The van der Waals surface area contributed by atoms with E-state index in [1.54, 1.807) is 0 Å². The molecule has 3 aromatic rings. The third kappa shape index (κ3) is 2.61. The summed E-state index contributed by atoms with van der Waals surface area (Å²) in [5.74, 6) is 0. The summed E-state index contributed by atoms with van der Waals surface area (Å²) in [6.07, 6.45) is 3.09. The normalized spacial score (nSPS) is 11.8. The van der Waals surface area contributed by atoms with Crippen molar-refractivity contribution in [2.24, 2.45) is 0 Å². The van der Waals surface area contributed by atoms with Gasteiger partial charge in [-0.3, -0.25) is 4.98 Å². The zero-order valence-electron chi connectivity index (χ0n) is 13.8. The van der Waals surface area contributed by atoms with Gasteiger partial charge < -0.3 is 9.47 Å². The maximum absolute atomic E-state index is 4.51. The van der Waals surface area contributed by atoms with Crippen molar-refractivity contribution in [2.45, 2.75) is 33.7 Å². The molecule has 0 aliphatic heterocycles. The van der Waals surface area contributed by atoms with E-state index in [2.05, 4.69) is 65.6 Å². The SMILES string of the molecule is CCN(CC)CCCn1c2ccccc2c2ccnc(C)c21. The van der Waals surface area contributed by atoms with E-state index >= 15 is 0 Å². The van der Waals surface area contributed by atoms with Crippen LogP contribution in [0.25, 0.3) is 21.8 Å². The summed E-state index contributed by atoms with van der Waals surface area (Å²) in [5.41, 5.74) is 3.74. The van der Waals surface area contributed by atoms with Gasteiger partial charge in [0.1, 0.15) is 0 Å². The van der Waals surface area contributed by atoms with E-state index < -0.39 is 0 Å². The summed E-state index contributed by atoms with van der Waals surface area (Å²) < 4.78 is 2.45. The van der Waals surface area contributed by atoms with Crippen LogP contribution in [-0.2, 0) is 6.54 Å². The van der Waals surface area contributed by atoms with Crippen molar-refractivity contribution in [1.82, 2.24) is 14.5 Å². The fraction of sp³-hybridized carbons (Fsp3) is 0.421. The van der Waals surface area contributed by atoms with Crippen LogP contribution in [0.4, 0.5) is 0 Å². The summed E-state index contributed by atoms with van der Waals surface area (Å²) in [6.45, 7) is 11.0. The molecule has 0 aliphatic rings. The van der Waals surface area contributed by atoms with Crippen LogP contribution in [0, 0.1) is 6.92 Å². The molecule has 0 amide bonds. The third-order valence-corrected chi connectivity index (χ3v) is 4.61.